The number of nitrogens with zero attached hydrogens (tertiary/aromatic N) is 2. The first-order valence-corrected chi connectivity index (χ1v) is 10.8. The van der Waals surface area contributed by atoms with Crippen molar-refractivity contribution >= 4 is 35.1 Å². The first-order chi connectivity index (χ1) is 12.7. The lowest BCUT2D eigenvalue weighted by Gasteiger charge is -2.33. The molecule has 27 heavy (non-hydrogen) atoms. The first-order valence-electron chi connectivity index (χ1n) is 9.75. The van der Waals surface area contributed by atoms with Crippen molar-refractivity contribution in [2.75, 3.05) is 26.2 Å². The number of benzene rings is 1. The van der Waals surface area contributed by atoms with E-state index in [2.05, 4.69) is 15.2 Å². The van der Waals surface area contributed by atoms with E-state index in [0.29, 0.717) is 16.7 Å². The van der Waals surface area contributed by atoms with E-state index in [0.717, 1.165) is 22.7 Å². The molecule has 1 aromatic carbocycles. The number of hydrogen-bond donors (Lipinski definition) is 2. The van der Waals surface area contributed by atoms with Crippen molar-refractivity contribution in [3.05, 3.63) is 39.9 Å². The summed E-state index contributed by atoms with van der Waals surface area (Å²) in [5.74, 6) is 1.59. The second-order valence-electron chi connectivity index (χ2n) is 7.59. The van der Waals surface area contributed by atoms with Crippen molar-refractivity contribution in [1.29, 1.82) is 0 Å². The maximum absolute atomic E-state index is 12.3. The van der Waals surface area contributed by atoms with Crippen LogP contribution in [0.1, 0.15) is 37.1 Å². The molecule has 1 unspecified atom stereocenters. The van der Waals surface area contributed by atoms with Crippen LogP contribution in [0.3, 0.4) is 0 Å². The molecule has 2 N–H and O–H groups in total. The van der Waals surface area contributed by atoms with Crippen molar-refractivity contribution in [1.82, 2.24) is 20.2 Å². The van der Waals surface area contributed by atoms with Gasteiger partial charge in [-0.2, -0.15) is 11.8 Å². The fourth-order valence-corrected chi connectivity index (χ4v) is 5.17. The molecule has 0 bridgehead atoms. The van der Waals surface area contributed by atoms with E-state index in [1.807, 2.05) is 36.9 Å². The third kappa shape index (κ3) is 5.05. The Bertz CT molecular complexity index is 813. The van der Waals surface area contributed by atoms with Crippen molar-refractivity contribution in [2.24, 2.45) is 0 Å². The van der Waals surface area contributed by atoms with E-state index in [9.17, 15) is 4.79 Å². The molecule has 2 aromatic rings. The standard InChI is InChI=1S/C20H28N4OS.ClH/c1-14-4-2-6-17-19(14)22-18(23-20(17)25)13-26-16-7-10-24(11-8-16)12-15-5-3-9-21-15;/h2,4,6,15-16,21H,3,5,7-13H2,1H3,(H,22,23,25);1H. The van der Waals surface area contributed by atoms with Gasteiger partial charge in [-0.25, -0.2) is 4.98 Å². The number of rotatable bonds is 5. The van der Waals surface area contributed by atoms with Gasteiger partial charge in [-0.15, -0.1) is 12.4 Å². The Kier molecular flexibility index (Phi) is 7.20. The maximum Gasteiger partial charge on any atom is 0.258 e. The molecule has 0 saturated carbocycles. The largest absolute Gasteiger partial charge is 0.313 e. The zero-order valence-corrected chi connectivity index (χ0v) is 17.5. The second-order valence-corrected chi connectivity index (χ2v) is 8.88. The highest BCUT2D eigenvalue weighted by molar-refractivity contribution is 7.99. The Hall–Kier alpha value is -1.08. The molecular weight excluding hydrogens is 380 g/mol. The molecular formula is C20H29ClN4OS. The molecule has 0 radical (unpaired) electrons. The smallest absolute Gasteiger partial charge is 0.258 e. The quantitative estimate of drug-likeness (QED) is 0.795. The van der Waals surface area contributed by atoms with Gasteiger partial charge in [-0.3, -0.25) is 4.79 Å². The Balaban J connectivity index is 0.00000210. The fraction of sp³-hybridized carbons (Fsp3) is 0.600. The van der Waals surface area contributed by atoms with Gasteiger partial charge in [-0.05, 0) is 63.9 Å². The van der Waals surface area contributed by atoms with Gasteiger partial charge in [0.05, 0.1) is 16.7 Å². The molecule has 2 saturated heterocycles. The van der Waals surface area contributed by atoms with E-state index in [-0.39, 0.29) is 18.0 Å². The van der Waals surface area contributed by atoms with Crippen molar-refractivity contribution in [3.8, 4) is 0 Å². The number of nitrogens with one attached hydrogen (secondary N) is 2. The number of para-hydroxylation sites is 1. The summed E-state index contributed by atoms with van der Waals surface area (Å²) in [7, 11) is 0. The summed E-state index contributed by atoms with van der Waals surface area (Å²) in [6.07, 6.45) is 5.12. The monoisotopic (exact) mass is 408 g/mol. The number of aromatic amines is 1. The summed E-state index contributed by atoms with van der Waals surface area (Å²) < 4.78 is 0. The fourth-order valence-electron chi connectivity index (χ4n) is 4.10. The van der Waals surface area contributed by atoms with Gasteiger partial charge in [0.25, 0.3) is 5.56 Å². The Morgan fingerprint density at radius 1 is 1.26 bits per heavy atom. The van der Waals surface area contributed by atoms with Crippen LogP contribution in [-0.2, 0) is 5.75 Å². The average molecular weight is 409 g/mol. The molecule has 7 heteroatoms. The highest BCUT2D eigenvalue weighted by atomic mass is 35.5. The molecule has 2 aliphatic rings. The Morgan fingerprint density at radius 3 is 2.81 bits per heavy atom. The lowest BCUT2D eigenvalue weighted by atomic mass is 10.1. The first kappa shape index (κ1) is 20.6. The van der Waals surface area contributed by atoms with Crippen LogP contribution in [0.15, 0.2) is 23.0 Å². The minimum absolute atomic E-state index is 0. The number of aryl methyl sites for hydroxylation is 1. The summed E-state index contributed by atoms with van der Waals surface area (Å²) in [5, 5.41) is 4.95. The minimum atomic E-state index is -0.0202. The zero-order chi connectivity index (χ0) is 17.9. The summed E-state index contributed by atoms with van der Waals surface area (Å²) in [4.78, 5) is 22.6. The minimum Gasteiger partial charge on any atom is -0.313 e. The predicted molar refractivity (Wildman–Crippen MR) is 116 cm³/mol. The van der Waals surface area contributed by atoms with Crippen molar-refractivity contribution in [3.63, 3.8) is 0 Å². The summed E-state index contributed by atoms with van der Waals surface area (Å²) in [6.45, 7) is 6.79. The van der Waals surface area contributed by atoms with Gasteiger partial charge in [-0.1, -0.05) is 12.1 Å². The number of aromatic nitrogens is 2. The van der Waals surface area contributed by atoms with Gasteiger partial charge in [0.1, 0.15) is 5.82 Å². The van der Waals surface area contributed by atoms with Crippen LogP contribution >= 0.6 is 24.2 Å². The van der Waals surface area contributed by atoms with Crippen LogP contribution in [0.4, 0.5) is 0 Å². The van der Waals surface area contributed by atoms with Crippen LogP contribution in [0.5, 0.6) is 0 Å². The van der Waals surface area contributed by atoms with Crippen molar-refractivity contribution < 1.29 is 0 Å². The highest BCUT2D eigenvalue weighted by Crippen LogP contribution is 2.26. The molecule has 0 aliphatic carbocycles. The molecule has 4 rings (SSSR count). The normalized spacial score (nSPS) is 21.4. The third-order valence-electron chi connectivity index (χ3n) is 5.62. The molecule has 0 spiro atoms. The zero-order valence-electron chi connectivity index (χ0n) is 15.9. The Labute approximate surface area is 171 Å². The van der Waals surface area contributed by atoms with Gasteiger partial charge >= 0.3 is 0 Å². The topological polar surface area (TPSA) is 61.0 Å². The number of piperidine rings is 1. The van der Waals surface area contributed by atoms with E-state index >= 15 is 0 Å². The van der Waals surface area contributed by atoms with Crippen LogP contribution in [0.2, 0.25) is 0 Å². The molecule has 1 aromatic heterocycles. The van der Waals surface area contributed by atoms with Crippen LogP contribution in [0.25, 0.3) is 10.9 Å². The van der Waals surface area contributed by atoms with Gasteiger partial charge < -0.3 is 15.2 Å². The second kappa shape index (κ2) is 9.41. The molecule has 2 fully saturated rings. The molecule has 0 amide bonds. The Morgan fingerprint density at radius 2 is 2.07 bits per heavy atom. The van der Waals surface area contributed by atoms with Crippen LogP contribution in [0, 0.1) is 6.92 Å². The SMILES string of the molecule is Cc1cccc2c(=O)[nH]c(CSC3CCN(CC4CCCN4)CC3)nc12.Cl. The van der Waals surface area contributed by atoms with E-state index in [1.165, 1.54) is 51.9 Å². The van der Waals surface area contributed by atoms with E-state index < -0.39 is 0 Å². The number of fused-ring (bicyclic) bond motifs is 1. The molecule has 1 atom stereocenters. The van der Waals surface area contributed by atoms with Crippen LogP contribution < -0.4 is 10.9 Å². The average Bonchev–Trinajstić information content (AvgIpc) is 3.15. The van der Waals surface area contributed by atoms with Crippen molar-refractivity contribution in [2.45, 2.75) is 49.7 Å². The van der Waals surface area contributed by atoms with Gasteiger partial charge in [0, 0.05) is 17.8 Å². The predicted octanol–water partition coefficient (Wildman–Crippen LogP) is 3.10. The lowest BCUT2D eigenvalue weighted by molar-refractivity contribution is 0.214. The highest BCUT2D eigenvalue weighted by Gasteiger charge is 2.23. The van der Waals surface area contributed by atoms with Gasteiger partial charge in [0.15, 0.2) is 0 Å². The number of H-pyrrole nitrogens is 1. The molecule has 3 heterocycles. The lowest BCUT2D eigenvalue weighted by Crippen LogP contribution is -2.42. The summed E-state index contributed by atoms with van der Waals surface area (Å²) >= 11 is 1.94. The number of likely N-dealkylation sites (tertiary alicyclic amines) is 1. The summed E-state index contributed by atoms with van der Waals surface area (Å²) in [5.41, 5.74) is 1.88. The van der Waals surface area contributed by atoms with Crippen LogP contribution in [-0.4, -0.2) is 52.3 Å². The third-order valence-corrected chi connectivity index (χ3v) is 7.00. The number of halogens is 1. The molecule has 5 nitrogen and oxygen atoms in total. The summed E-state index contributed by atoms with van der Waals surface area (Å²) in [6, 6.07) is 6.48. The van der Waals surface area contributed by atoms with Gasteiger partial charge in [0.2, 0.25) is 0 Å². The van der Waals surface area contributed by atoms with E-state index in [1.54, 1.807) is 0 Å². The molecule has 2 aliphatic heterocycles. The number of thioether (sulfide) groups is 1. The van der Waals surface area contributed by atoms with E-state index in [4.69, 9.17) is 4.98 Å². The number of hydrogen-bond acceptors (Lipinski definition) is 5. The molecule has 148 valence electrons. The maximum atomic E-state index is 12.3.